The van der Waals surface area contributed by atoms with Crippen molar-refractivity contribution < 1.29 is 4.74 Å². The Hall–Kier alpha value is -2.56. The summed E-state index contributed by atoms with van der Waals surface area (Å²) in [5.41, 5.74) is 5.96. The first kappa shape index (κ1) is 18.8. The molecule has 0 fully saturated rings. The Morgan fingerprint density at radius 2 is 1.96 bits per heavy atom. The number of hydrogen-bond donors (Lipinski definition) is 1. The minimum absolute atomic E-state index is 0.685. The molecule has 0 spiro atoms. The summed E-state index contributed by atoms with van der Waals surface area (Å²) in [5, 5.41) is 8.14. The standard InChI is InChI=1S/C23H24ClN3O/c1-2-28-22-6-4-3-5-21(22)17-11-13-27(14-12-17)16-19-15-25-26-23(19)18-7-9-20(24)10-8-18/h3-11,15H,2,12-14,16H2,1H3,(H,25,26). The molecule has 2 heterocycles. The molecule has 1 aromatic heterocycles. The van der Waals surface area contributed by atoms with Crippen LogP contribution in [0.25, 0.3) is 16.8 Å². The second-order valence-corrected chi connectivity index (χ2v) is 7.36. The number of aromatic nitrogens is 2. The summed E-state index contributed by atoms with van der Waals surface area (Å²) >= 11 is 6.01. The molecule has 1 aliphatic rings. The molecule has 0 amide bonds. The van der Waals surface area contributed by atoms with E-state index in [-0.39, 0.29) is 0 Å². The maximum absolute atomic E-state index is 6.01. The van der Waals surface area contributed by atoms with E-state index in [1.807, 2.05) is 43.5 Å². The molecule has 5 heteroatoms. The molecule has 2 aromatic carbocycles. The van der Waals surface area contributed by atoms with Gasteiger partial charge in [0.1, 0.15) is 5.75 Å². The zero-order chi connectivity index (χ0) is 19.3. The summed E-state index contributed by atoms with van der Waals surface area (Å²) in [5.74, 6) is 0.976. The molecule has 0 bridgehead atoms. The molecule has 4 rings (SSSR count). The van der Waals surface area contributed by atoms with Crippen molar-refractivity contribution in [3.05, 3.63) is 77.0 Å². The Bertz CT molecular complexity index is 962. The zero-order valence-corrected chi connectivity index (χ0v) is 16.7. The fourth-order valence-corrected chi connectivity index (χ4v) is 3.78. The molecule has 3 aromatic rings. The lowest BCUT2D eigenvalue weighted by Gasteiger charge is -2.27. The molecular formula is C23H24ClN3O. The van der Waals surface area contributed by atoms with Gasteiger partial charge in [-0.2, -0.15) is 5.10 Å². The van der Waals surface area contributed by atoms with Crippen molar-refractivity contribution in [2.75, 3.05) is 19.7 Å². The first-order valence-corrected chi connectivity index (χ1v) is 10.0. The van der Waals surface area contributed by atoms with Crippen LogP contribution >= 0.6 is 11.6 Å². The van der Waals surface area contributed by atoms with Crippen molar-refractivity contribution in [1.29, 1.82) is 0 Å². The number of H-pyrrole nitrogens is 1. The number of halogens is 1. The van der Waals surface area contributed by atoms with Crippen molar-refractivity contribution in [2.24, 2.45) is 0 Å². The van der Waals surface area contributed by atoms with Crippen molar-refractivity contribution in [2.45, 2.75) is 19.9 Å². The van der Waals surface area contributed by atoms with E-state index in [9.17, 15) is 0 Å². The second kappa shape index (κ2) is 8.63. The largest absolute Gasteiger partial charge is 0.493 e. The van der Waals surface area contributed by atoms with Crippen LogP contribution in [-0.4, -0.2) is 34.8 Å². The lowest BCUT2D eigenvalue weighted by molar-refractivity contribution is 0.293. The van der Waals surface area contributed by atoms with Crippen LogP contribution < -0.4 is 4.74 Å². The van der Waals surface area contributed by atoms with E-state index in [0.29, 0.717) is 6.61 Å². The summed E-state index contributed by atoms with van der Waals surface area (Å²) in [6, 6.07) is 16.2. The van der Waals surface area contributed by atoms with Crippen LogP contribution in [0.5, 0.6) is 5.75 Å². The van der Waals surface area contributed by atoms with Gasteiger partial charge in [0.15, 0.2) is 0 Å². The van der Waals surface area contributed by atoms with Crippen molar-refractivity contribution in [1.82, 2.24) is 15.1 Å². The smallest absolute Gasteiger partial charge is 0.126 e. The highest BCUT2D eigenvalue weighted by atomic mass is 35.5. The number of nitrogens with one attached hydrogen (secondary N) is 1. The van der Waals surface area contributed by atoms with Gasteiger partial charge in [-0.3, -0.25) is 10.00 Å². The van der Waals surface area contributed by atoms with Gasteiger partial charge in [0.2, 0.25) is 0 Å². The topological polar surface area (TPSA) is 41.1 Å². The maximum atomic E-state index is 6.01. The monoisotopic (exact) mass is 393 g/mol. The number of benzene rings is 2. The second-order valence-electron chi connectivity index (χ2n) is 6.92. The maximum Gasteiger partial charge on any atom is 0.126 e. The summed E-state index contributed by atoms with van der Waals surface area (Å²) in [4.78, 5) is 2.44. The first-order chi connectivity index (χ1) is 13.7. The van der Waals surface area contributed by atoms with Gasteiger partial charge in [0, 0.05) is 35.8 Å². The van der Waals surface area contributed by atoms with E-state index in [2.05, 4.69) is 39.4 Å². The van der Waals surface area contributed by atoms with Crippen LogP contribution in [0.1, 0.15) is 24.5 Å². The van der Waals surface area contributed by atoms with Gasteiger partial charge < -0.3 is 4.74 Å². The Balaban J connectivity index is 1.47. The van der Waals surface area contributed by atoms with Crippen molar-refractivity contribution in [3.8, 4) is 17.0 Å². The van der Waals surface area contributed by atoms with E-state index < -0.39 is 0 Å². The van der Waals surface area contributed by atoms with Crippen LogP contribution in [-0.2, 0) is 6.54 Å². The molecule has 0 saturated heterocycles. The first-order valence-electron chi connectivity index (χ1n) is 9.66. The zero-order valence-electron chi connectivity index (χ0n) is 16.0. The molecule has 4 nitrogen and oxygen atoms in total. The minimum Gasteiger partial charge on any atom is -0.493 e. The number of nitrogens with zero attached hydrogens (tertiary/aromatic N) is 2. The average molecular weight is 394 g/mol. The fraction of sp³-hybridized carbons (Fsp3) is 0.261. The molecule has 1 aliphatic heterocycles. The summed E-state index contributed by atoms with van der Waals surface area (Å²) in [7, 11) is 0. The van der Waals surface area contributed by atoms with Gasteiger partial charge in [-0.05, 0) is 42.7 Å². The number of aromatic amines is 1. The number of ether oxygens (including phenoxy) is 1. The predicted octanol–water partition coefficient (Wildman–Crippen LogP) is 5.42. The Kier molecular flexibility index (Phi) is 5.79. The van der Waals surface area contributed by atoms with Crippen LogP contribution in [0.15, 0.2) is 60.8 Å². The molecule has 0 unspecified atom stereocenters. The van der Waals surface area contributed by atoms with Crippen LogP contribution in [0.3, 0.4) is 0 Å². The van der Waals surface area contributed by atoms with Crippen LogP contribution in [0.4, 0.5) is 0 Å². The third-order valence-corrected chi connectivity index (χ3v) is 5.32. The summed E-state index contributed by atoms with van der Waals surface area (Å²) in [6.07, 6.45) is 5.26. The third kappa shape index (κ3) is 4.13. The lowest BCUT2D eigenvalue weighted by atomic mass is 9.98. The quantitative estimate of drug-likeness (QED) is 0.608. The highest BCUT2D eigenvalue weighted by Gasteiger charge is 2.18. The van der Waals surface area contributed by atoms with Gasteiger partial charge in [0.05, 0.1) is 18.5 Å². The van der Waals surface area contributed by atoms with E-state index in [1.54, 1.807) is 0 Å². The summed E-state index contributed by atoms with van der Waals surface area (Å²) in [6.45, 7) is 5.51. The number of hydrogen-bond acceptors (Lipinski definition) is 3. The molecule has 0 atom stereocenters. The molecule has 0 radical (unpaired) electrons. The van der Waals surface area contributed by atoms with Crippen LogP contribution in [0.2, 0.25) is 5.02 Å². The van der Waals surface area contributed by atoms with Crippen LogP contribution in [0, 0.1) is 0 Å². The highest BCUT2D eigenvalue weighted by Crippen LogP contribution is 2.31. The number of para-hydroxylation sites is 1. The Morgan fingerprint density at radius 3 is 2.71 bits per heavy atom. The number of rotatable bonds is 6. The van der Waals surface area contributed by atoms with Gasteiger partial charge >= 0.3 is 0 Å². The minimum atomic E-state index is 0.685. The summed E-state index contributed by atoms with van der Waals surface area (Å²) < 4.78 is 5.80. The molecule has 28 heavy (non-hydrogen) atoms. The molecular weight excluding hydrogens is 370 g/mol. The average Bonchev–Trinajstić information content (AvgIpc) is 3.18. The normalized spacial score (nSPS) is 14.7. The SMILES string of the molecule is CCOc1ccccc1C1=CCN(Cc2cn[nH]c2-c2ccc(Cl)cc2)CC1. The van der Waals surface area contributed by atoms with Gasteiger partial charge in [0.25, 0.3) is 0 Å². The van der Waals surface area contributed by atoms with E-state index in [1.165, 1.54) is 16.7 Å². The van der Waals surface area contributed by atoms with E-state index in [4.69, 9.17) is 16.3 Å². The fourth-order valence-electron chi connectivity index (χ4n) is 3.65. The van der Waals surface area contributed by atoms with Gasteiger partial charge in [-0.1, -0.05) is 48.0 Å². The lowest BCUT2D eigenvalue weighted by Crippen LogP contribution is -2.28. The molecule has 1 N–H and O–H groups in total. The van der Waals surface area contributed by atoms with Crippen molar-refractivity contribution in [3.63, 3.8) is 0 Å². The molecule has 144 valence electrons. The highest BCUT2D eigenvalue weighted by molar-refractivity contribution is 6.30. The van der Waals surface area contributed by atoms with Crippen molar-refractivity contribution >= 4 is 17.2 Å². The van der Waals surface area contributed by atoms with E-state index in [0.717, 1.165) is 48.1 Å². The van der Waals surface area contributed by atoms with Gasteiger partial charge in [-0.25, -0.2) is 0 Å². The Labute approximate surface area is 170 Å². The third-order valence-electron chi connectivity index (χ3n) is 5.07. The van der Waals surface area contributed by atoms with E-state index >= 15 is 0 Å². The molecule has 0 aliphatic carbocycles. The van der Waals surface area contributed by atoms with Gasteiger partial charge in [-0.15, -0.1) is 0 Å². The Morgan fingerprint density at radius 1 is 1.14 bits per heavy atom. The molecule has 0 saturated carbocycles. The predicted molar refractivity (Wildman–Crippen MR) is 115 cm³/mol.